The first-order valence-electron chi connectivity index (χ1n) is 7.00. The van der Waals surface area contributed by atoms with Crippen LogP contribution in [0.2, 0.25) is 0 Å². The average Bonchev–Trinajstić information content (AvgIpc) is 2.52. The maximum absolute atomic E-state index is 10.1. The molecule has 112 valence electrons. The monoisotopic (exact) mass is 287 g/mol. The molecule has 0 bridgehead atoms. The van der Waals surface area contributed by atoms with E-state index in [-0.39, 0.29) is 5.75 Å². The molecule has 0 aliphatic heterocycles. The molecule has 2 rings (SSSR count). The van der Waals surface area contributed by atoms with Gasteiger partial charge >= 0.3 is 0 Å². The number of phenolic OH excluding ortho intramolecular Hbond substituents is 1. The van der Waals surface area contributed by atoms with E-state index in [1.165, 1.54) is 0 Å². The highest BCUT2D eigenvalue weighted by Crippen LogP contribution is 2.30. The lowest BCUT2D eigenvalue weighted by Crippen LogP contribution is -2.04. The first-order valence-corrected chi connectivity index (χ1v) is 7.00. The summed E-state index contributed by atoms with van der Waals surface area (Å²) in [7, 11) is 1.55. The van der Waals surface area contributed by atoms with Gasteiger partial charge < -0.3 is 19.9 Å². The minimum atomic E-state index is 0.176. The summed E-state index contributed by atoms with van der Waals surface area (Å²) in [4.78, 5) is 0. The zero-order valence-corrected chi connectivity index (χ0v) is 12.4. The van der Waals surface area contributed by atoms with Crippen molar-refractivity contribution in [3.8, 4) is 11.5 Å². The number of hydrogen-bond donors (Lipinski definition) is 2. The van der Waals surface area contributed by atoms with Crippen LogP contribution in [-0.4, -0.2) is 18.8 Å². The summed E-state index contributed by atoms with van der Waals surface area (Å²) in [6.45, 7) is 3.76. The van der Waals surface area contributed by atoms with Crippen LogP contribution in [0.4, 0.5) is 5.69 Å². The van der Waals surface area contributed by atoms with Crippen molar-refractivity contribution in [3.05, 3.63) is 53.6 Å². The highest BCUT2D eigenvalue weighted by molar-refractivity contribution is 5.53. The number of methoxy groups -OCH3 is 1. The highest BCUT2D eigenvalue weighted by Gasteiger charge is 2.08. The Hall–Kier alpha value is -2.20. The number of para-hydroxylation sites is 2. The van der Waals surface area contributed by atoms with Crippen molar-refractivity contribution in [2.45, 2.75) is 20.1 Å². The third-order valence-corrected chi connectivity index (χ3v) is 3.25. The topological polar surface area (TPSA) is 50.7 Å². The van der Waals surface area contributed by atoms with Crippen LogP contribution in [0.15, 0.2) is 42.5 Å². The first kappa shape index (κ1) is 15.2. The lowest BCUT2D eigenvalue weighted by atomic mass is 10.1. The second-order valence-corrected chi connectivity index (χ2v) is 4.62. The van der Waals surface area contributed by atoms with Gasteiger partial charge in [-0.2, -0.15) is 0 Å². The molecule has 0 radical (unpaired) electrons. The molecule has 0 aliphatic carbocycles. The predicted octanol–water partition coefficient (Wildman–Crippen LogP) is 3.55. The van der Waals surface area contributed by atoms with Gasteiger partial charge in [0.1, 0.15) is 0 Å². The van der Waals surface area contributed by atoms with E-state index in [0.717, 1.165) is 16.8 Å². The average molecular weight is 287 g/mol. The number of hydrogen-bond acceptors (Lipinski definition) is 4. The van der Waals surface area contributed by atoms with E-state index < -0.39 is 0 Å². The summed E-state index contributed by atoms with van der Waals surface area (Å²) >= 11 is 0. The van der Waals surface area contributed by atoms with Gasteiger partial charge in [0.15, 0.2) is 11.5 Å². The molecular formula is C17H21NO3. The Morgan fingerprint density at radius 3 is 2.57 bits per heavy atom. The van der Waals surface area contributed by atoms with Crippen LogP contribution >= 0.6 is 0 Å². The van der Waals surface area contributed by atoms with Crippen molar-refractivity contribution in [1.29, 1.82) is 0 Å². The van der Waals surface area contributed by atoms with Crippen molar-refractivity contribution in [1.82, 2.24) is 0 Å². The van der Waals surface area contributed by atoms with Crippen molar-refractivity contribution < 1.29 is 14.6 Å². The van der Waals surface area contributed by atoms with Gasteiger partial charge in [0, 0.05) is 30.0 Å². The molecule has 0 unspecified atom stereocenters. The van der Waals surface area contributed by atoms with E-state index in [9.17, 15) is 5.11 Å². The number of nitrogens with one attached hydrogen (secondary N) is 1. The van der Waals surface area contributed by atoms with Gasteiger partial charge in [-0.15, -0.1) is 0 Å². The highest BCUT2D eigenvalue weighted by atomic mass is 16.5. The maximum Gasteiger partial charge on any atom is 0.162 e. The summed E-state index contributed by atoms with van der Waals surface area (Å²) in [5.41, 5.74) is 2.90. The maximum atomic E-state index is 10.1. The van der Waals surface area contributed by atoms with Gasteiger partial charge in [0.2, 0.25) is 0 Å². The Morgan fingerprint density at radius 2 is 1.81 bits per heavy atom. The van der Waals surface area contributed by atoms with E-state index in [4.69, 9.17) is 9.47 Å². The molecule has 21 heavy (non-hydrogen) atoms. The van der Waals surface area contributed by atoms with E-state index in [2.05, 4.69) is 5.32 Å². The molecule has 4 heteroatoms. The van der Waals surface area contributed by atoms with Crippen molar-refractivity contribution >= 4 is 5.69 Å². The number of ether oxygens (including phenoxy) is 2. The minimum absolute atomic E-state index is 0.176. The molecule has 0 saturated heterocycles. The predicted molar refractivity (Wildman–Crippen MR) is 83.8 cm³/mol. The molecule has 0 heterocycles. The van der Waals surface area contributed by atoms with Crippen LogP contribution in [0.25, 0.3) is 0 Å². The third-order valence-electron chi connectivity index (χ3n) is 3.25. The zero-order valence-electron chi connectivity index (χ0n) is 12.4. The molecule has 0 spiro atoms. The number of rotatable bonds is 7. The quantitative estimate of drug-likeness (QED) is 0.817. The van der Waals surface area contributed by atoms with E-state index in [1.54, 1.807) is 13.2 Å². The molecule has 0 aliphatic rings. The standard InChI is InChI=1S/C17H21NO3/c1-3-21-12-14-7-4-5-9-15(14)18-11-13-8-6-10-16(20-2)17(13)19/h4-10,18-19H,3,11-12H2,1-2H3. The van der Waals surface area contributed by atoms with Crippen LogP contribution in [-0.2, 0) is 17.9 Å². The number of benzene rings is 2. The van der Waals surface area contributed by atoms with Crippen molar-refractivity contribution in [2.24, 2.45) is 0 Å². The van der Waals surface area contributed by atoms with Crippen LogP contribution < -0.4 is 10.1 Å². The number of phenols is 1. The van der Waals surface area contributed by atoms with Gasteiger partial charge in [-0.3, -0.25) is 0 Å². The molecule has 0 amide bonds. The lowest BCUT2D eigenvalue weighted by Gasteiger charge is -2.13. The van der Waals surface area contributed by atoms with E-state index >= 15 is 0 Å². The van der Waals surface area contributed by atoms with Gasteiger partial charge in [-0.1, -0.05) is 30.3 Å². The molecule has 0 aromatic heterocycles. The van der Waals surface area contributed by atoms with Crippen molar-refractivity contribution in [2.75, 3.05) is 19.0 Å². The smallest absolute Gasteiger partial charge is 0.162 e. The molecular weight excluding hydrogens is 266 g/mol. The second-order valence-electron chi connectivity index (χ2n) is 4.62. The Balaban J connectivity index is 2.10. The Morgan fingerprint density at radius 1 is 1.05 bits per heavy atom. The summed E-state index contributed by atoms with van der Waals surface area (Å²) in [6, 6.07) is 13.5. The molecule has 0 atom stereocenters. The van der Waals surface area contributed by atoms with Gasteiger partial charge in [-0.25, -0.2) is 0 Å². The van der Waals surface area contributed by atoms with E-state index in [1.807, 2.05) is 43.3 Å². The van der Waals surface area contributed by atoms with Crippen molar-refractivity contribution in [3.63, 3.8) is 0 Å². The molecule has 4 nitrogen and oxygen atoms in total. The van der Waals surface area contributed by atoms with Crippen LogP contribution in [0, 0.1) is 0 Å². The van der Waals surface area contributed by atoms with Gasteiger partial charge in [0.25, 0.3) is 0 Å². The van der Waals surface area contributed by atoms with Crippen LogP contribution in [0.1, 0.15) is 18.1 Å². The van der Waals surface area contributed by atoms with E-state index in [0.29, 0.717) is 25.5 Å². The van der Waals surface area contributed by atoms with Gasteiger partial charge in [0.05, 0.1) is 13.7 Å². The number of aromatic hydroxyl groups is 1. The molecule has 0 saturated carbocycles. The largest absolute Gasteiger partial charge is 0.504 e. The Kier molecular flexibility index (Phi) is 5.46. The van der Waals surface area contributed by atoms with Crippen LogP contribution in [0.3, 0.4) is 0 Å². The molecule has 2 aromatic carbocycles. The fourth-order valence-corrected chi connectivity index (χ4v) is 2.10. The fourth-order valence-electron chi connectivity index (χ4n) is 2.10. The summed E-state index contributed by atoms with van der Waals surface area (Å²) < 4.78 is 10.6. The Labute approximate surface area is 125 Å². The zero-order chi connectivity index (χ0) is 15.1. The fraction of sp³-hybridized carbons (Fsp3) is 0.294. The molecule has 2 N–H and O–H groups in total. The molecule has 2 aromatic rings. The molecule has 0 fully saturated rings. The SMILES string of the molecule is CCOCc1ccccc1NCc1cccc(OC)c1O. The lowest BCUT2D eigenvalue weighted by molar-refractivity contribution is 0.134. The summed E-state index contributed by atoms with van der Waals surface area (Å²) in [5, 5.41) is 13.4. The second kappa shape index (κ2) is 7.55. The normalized spacial score (nSPS) is 10.4. The number of anilines is 1. The van der Waals surface area contributed by atoms with Crippen LogP contribution in [0.5, 0.6) is 11.5 Å². The minimum Gasteiger partial charge on any atom is -0.504 e. The summed E-state index contributed by atoms with van der Waals surface area (Å²) in [6.07, 6.45) is 0. The first-order chi connectivity index (χ1) is 10.3. The van der Waals surface area contributed by atoms with Gasteiger partial charge in [-0.05, 0) is 19.1 Å². The Bertz CT molecular complexity index is 584. The third kappa shape index (κ3) is 3.89. The summed E-state index contributed by atoms with van der Waals surface area (Å²) in [5.74, 6) is 0.659.